The van der Waals surface area contributed by atoms with Gasteiger partial charge in [-0.05, 0) is 52.9 Å². The minimum absolute atomic E-state index is 0.0450. The molecule has 1 aromatic carbocycles. The molecule has 112 valence electrons. The first-order chi connectivity index (χ1) is 9.42. The lowest BCUT2D eigenvalue weighted by atomic mass is 9.85. The summed E-state index contributed by atoms with van der Waals surface area (Å²) in [5.74, 6) is 0.631. The van der Waals surface area contributed by atoms with Crippen LogP contribution in [0.15, 0.2) is 27.6 Å². The molecule has 0 heterocycles. The van der Waals surface area contributed by atoms with Gasteiger partial charge >= 0.3 is 0 Å². The summed E-state index contributed by atoms with van der Waals surface area (Å²) in [6.07, 6.45) is 5.26. The van der Waals surface area contributed by atoms with Crippen LogP contribution in [0.1, 0.15) is 39.0 Å². The molecular formula is C14H21BrN2O2S. The van der Waals surface area contributed by atoms with Crippen molar-refractivity contribution in [3.05, 3.63) is 22.7 Å². The molecule has 2 atom stereocenters. The molecule has 2 rings (SSSR count). The van der Waals surface area contributed by atoms with Gasteiger partial charge in [-0.15, -0.1) is 0 Å². The summed E-state index contributed by atoms with van der Waals surface area (Å²) >= 11 is 3.27. The highest BCUT2D eigenvalue weighted by Crippen LogP contribution is 2.28. The fourth-order valence-electron chi connectivity index (χ4n) is 2.75. The Kier molecular flexibility index (Phi) is 5.09. The van der Waals surface area contributed by atoms with Crippen molar-refractivity contribution in [2.24, 2.45) is 5.92 Å². The van der Waals surface area contributed by atoms with Gasteiger partial charge in [0, 0.05) is 16.2 Å². The molecule has 0 aliphatic heterocycles. The summed E-state index contributed by atoms with van der Waals surface area (Å²) in [5.41, 5.74) is 6.19. The normalized spacial score (nSPS) is 23.7. The largest absolute Gasteiger partial charge is 0.398 e. The number of nitrogens with two attached hydrogens (primary N) is 1. The monoisotopic (exact) mass is 360 g/mol. The van der Waals surface area contributed by atoms with E-state index in [0.717, 1.165) is 25.7 Å². The van der Waals surface area contributed by atoms with Crippen molar-refractivity contribution in [1.29, 1.82) is 0 Å². The zero-order chi connectivity index (χ0) is 14.8. The molecule has 0 aromatic heterocycles. The Morgan fingerprint density at radius 3 is 2.80 bits per heavy atom. The van der Waals surface area contributed by atoms with Crippen molar-refractivity contribution < 1.29 is 8.42 Å². The lowest BCUT2D eigenvalue weighted by molar-refractivity contribution is 0.301. The summed E-state index contributed by atoms with van der Waals surface area (Å²) in [6.45, 7) is 2.16. The molecule has 1 aliphatic carbocycles. The molecule has 3 N–H and O–H groups in total. The third-order valence-electron chi connectivity index (χ3n) is 3.96. The van der Waals surface area contributed by atoms with Gasteiger partial charge in [-0.25, -0.2) is 13.1 Å². The van der Waals surface area contributed by atoms with Gasteiger partial charge < -0.3 is 5.73 Å². The van der Waals surface area contributed by atoms with E-state index in [2.05, 4.69) is 27.6 Å². The molecule has 0 saturated heterocycles. The summed E-state index contributed by atoms with van der Waals surface area (Å²) in [5, 5.41) is 0. The van der Waals surface area contributed by atoms with Crippen molar-refractivity contribution in [2.45, 2.75) is 50.0 Å². The van der Waals surface area contributed by atoms with E-state index in [1.165, 1.54) is 12.5 Å². The molecule has 0 spiro atoms. The van der Waals surface area contributed by atoms with E-state index in [1.807, 2.05) is 0 Å². The van der Waals surface area contributed by atoms with E-state index in [4.69, 9.17) is 5.73 Å². The number of nitrogen functional groups attached to an aromatic ring is 1. The van der Waals surface area contributed by atoms with Gasteiger partial charge in [0.05, 0.1) is 4.90 Å². The van der Waals surface area contributed by atoms with E-state index in [0.29, 0.717) is 16.1 Å². The third kappa shape index (κ3) is 3.74. The Morgan fingerprint density at radius 1 is 1.40 bits per heavy atom. The molecule has 0 radical (unpaired) electrons. The number of hydrogen-bond acceptors (Lipinski definition) is 3. The van der Waals surface area contributed by atoms with Gasteiger partial charge in [-0.3, -0.25) is 0 Å². The van der Waals surface area contributed by atoms with Crippen LogP contribution >= 0.6 is 15.9 Å². The molecule has 1 saturated carbocycles. The first-order valence-corrected chi connectivity index (χ1v) is 9.27. The van der Waals surface area contributed by atoms with Crippen molar-refractivity contribution in [1.82, 2.24) is 4.72 Å². The molecule has 0 amide bonds. The summed E-state index contributed by atoms with van der Waals surface area (Å²) in [7, 11) is -3.48. The van der Waals surface area contributed by atoms with E-state index < -0.39 is 10.0 Å². The second-order valence-electron chi connectivity index (χ2n) is 5.44. The molecule has 6 heteroatoms. The van der Waals surface area contributed by atoms with Crippen LogP contribution < -0.4 is 10.5 Å². The molecule has 20 heavy (non-hydrogen) atoms. The predicted octanol–water partition coefficient (Wildman–Crippen LogP) is 3.28. The van der Waals surface area contributed by atoms with Gasteiger partial charge in [-0.2, -0.15) is 0 Å². The van der Waals surface area contributed by atoms with Crippen LogP contribution in [0.3, 0.4) is 0 Å². The number of rotatable bonds is 4. The lowest BCUT2D eigenvalue weighted by Gasteiger charge is -2.28. The summed E-state index contributed by atoms with van der Waals surface area (Å²) in [6, 6.07) is 4.78. The van der Waals surface area contributed by atoms with Crippen molar-refractivity contribution in [2.75, 3.05) is 5.73 Å². The Balaban J connectivity index is 2.12. The van der Waals surface area contributed by atoms with Gasteiger partial charge in [0.1, 0.15) is 0 Å². The predicted molar refractivity (Wildman–Crippen MR) is 84.9 cm³/mol. The minimum Gasteiger partial charge on any atom is -0.398 e. The lowest BCUT2D eigenvalue weighted by Crippen LogP contribution is -2.38. The van der Waals surface area contributed by atoms with E-state index >= 15 is 0 Å². The van der Waals surface area contributed by atoms with Gasteiger partial charge in [0.15, 0.2) is 0 Å². The quantitative estimate of drug-likeness (QED) is 0.809. The number of benzene rings is 1. The van der Waals surface area contributed by atoms with Crippen molar-refractivity contribution >= 4 is 31.6 Å². The Morgan fingerprint density at radius 2 is 2.15 bits per heavy atom. The maximum atomic E-state index is 12.4. The van der Waals surface area contributed by atoms with Crippen molar-refractivity contribution in [3.8, 4) is 0 Å². The Labute approximate surface area is 129 Å². The average Bonchev–Trinajstić information content (AvgIpc) is 2.41. The van der Waals surface area contributed by atoms with Crippen LogP contribution in [0.4, 0.5) is 5.69 Å². The number of nitrogens with one attached hydrogen (secondary N) is 1. The molecular weight excluding hydrogens is 340 g/mol. The maximum Gasteiger partial charge on any atom is 0.240 e. The number of anilines is 1. The smallest absolute Gasteiger partial charge is 0.240 e. The summed E-state index contributed by atoms with van der Waals surface area (Å²) in [4.78, 5) is 0.233. The zero-order valence-electron chi connectivity index (χ0n) is 11.6. The number of sulfonamides is 1. The first-order valence-electron chi connectivity index (χ1n) is 6.99. The van der Waals surface area contributed by atoms with Gasteiger partial charge in [0.2, 0.25) is 10.0 Å². The van der Waals surface area contributed by atoms with E-state index in [1.54, 1.807) is 12.1 Å². The van der Waals surface area contributed by atoms with Gasteiger partial charge in [0.25, 0.3) is 0 Å². The van der Waals surface area contributed by atoms with Crippen LogP contribution in [0.25, 0.3) is 0 Å². The molecule has 2 unspecified atom stereocenters. The standard InChI is InChI=1S/C14H21BrN2O2S/c1-2-10-4-3-5-11(8-10)17-20(18,19)12-6-7-13(15)14(16)9-12/h6-7,9-11,17H,2-5,8,16H2,1H3. The van der Waals surface area contributed by atoms with E-state index in [-0.39, 0.29) is 10.9 Å². The maximum absolute atomic E-state index is 12.4. The van der Waals surface area contributed by atoms with Crippen LogP contribution in [0.5, 0.6) is 0 Å². The SMILES string of the molecule is CCC1CCCC(NS(=O)(=O)c2ccc(Br)c(N)c2)C1. The van der Waals surface area contributed by atoms with Crippen LogP contribution in [-0.4, -0.2) is 14.5 Å². The van der Waals surface area contributed by atoms with Gasteiger partial charge in [-0.1, -0.05) is 26.2 Å². The fraction of sp³-hybridized carbons (Fsp3) is 0.571. The highest BCUT2D eigenvalue weighted by Gasteiger charge is 2.25. The van der Waals surface area contributed by atoms with Crippen LogP contribution in [0.2, 0.25) is 0 Å². The zero-order valence-corrected chi connectivity index (χ0v) is 14.0. The Bertz CT molecular complexity index is 575. The summed E-state index contributed by atoms with van der Waals surface area (Å²) < 4.78 is 28.3. The number of hydrogen-bond donors (Lipinski definition) is 2. The highest BCUT2D eigenvalue weighted by molar-refractivity contribution is 9.10. The number of halogens is 1. The van der Waals surface area contributed by atoms with Crippen molar-refractivity contribution in [3.63, 3.8) is 0 Å². The average molecular weight is 361 g/mol. The molecule has 1 fully saturated rings. The second kappa shape index (κ2) is 6.45. The molecule has 0 bridgehead atoms. The Hall–Kier alpha value is -0.590. The topological polar surface area (TPSA) is 72.2 Å². The first kappa shape index (κ1) is 15.8. The fourth-order valence-corrected chi connectivity index (χ4v) is 4.31. The molecule has 1 aliphatic rings. The third-order valence-corrected chi connectivity index (χ3v) is 6.20. The molecule has 4 nitrogen and oxygen atoms in total. The minimum atomic E-state index is -3.48. The second-order valence-corrected chi connectivity index (χ2v) is 8.01. The van der Waals surface area contributed by atoms with E-state index in [9.17, 15) is 8.42 Å². The van der Waals surface area contributed by atoms with Crippen LogP contribution in [-0.2, 0) is 10.0 Å². The van der Waals surface area contributed by atoms with Crippen LogP contribution in [0, 0.1) is 5.92 Å². The molecule has 1 aromatic rings. The highest BCUT2D eigenvalue weighted by atomic mass is 79.9.